The zero-order valence-electron chi connectivity index (χ0n) is 15.4. The highest BCUT2D eigenvalue weighted by Gasteiger charge is 2.16. The van der Waals surface area contributed by atoms with Gasteiger partial charge in [0.25, 0.3) is 0 Å². The minimum Gasteiger partial charge on any atom is -0.326 e. The van der Waals surface area contributed by atoms with Crippen LogP contribution in [0.25, 0.3) is 10.8 Å². The van der Waals surface area contributed by atoms with Crippen molar-refractivity contribution in [3.8, 4) is 0 Å². The molecule has 4 heteroatoms. The molecule has 0 aliphatic heterocycles. The minimum atomic E-state index is 0.124. The molecule has 1 aliphatic rings. The molecule has 3 nitrogen and oxygen atoms in total. The molecule has 0 unspecified atom stereocenters. The van der Waals surface area contributed by atoms with Crippen molar-refractivity contribution in [3.05, 3.63) is 72.0 Å². The smallest absolute Gasteiger partial charge is 0.224 e. The van der Waals surface area contributed by atoms with Crippen molar-refractivity contribution in [3.63, 3.8) is 0 Å². The molecule has 2 aromatic carbocycles. The highest BCUT2D eigenvalue weighted by atomic mass is 35.5. The molecule has 27 heavy (non-hydrogen) atoms. The van der Waals surface area contributed by atoms with E-state index in [2.05, 4.69) is 22.4 Å². The maximum absolute atomic E-state index is 11.8. The molecule has 1 aliphatic carbocycles. The second kappa shape index (κ2) is 10.1. The van der Waals surface area contributed by atoms with Crippen molar-refractivity contribution in [2.45, 2.75) is 38.5 Å². The molecule has 1 saturated carbocycles. The maximum Gasteiger partial charge on any atom is 0.224 e. The quantitative estimate of drug-likeness (QED) is 0.564. The van der Waals surface area contributed by atoms with Gasteiger partial charge in [0.2, 0.25) is 5.91 Å². The van der Waals surface area contributed by atoms with Crippen LogP contribution < -0.4 is 5.32 Å². The summed E-state index contributed by atoms with van der Waals surface area (Å²) in [5.41, 5.74) is 0.829. The Morgan fingerprint density at radius 3 is 2.37 bits per heavy atom. The summed E-state index contributed by atoms with van der Waals surface area (Å²) in [6.07, 6.45) is 10.6. The van der Waals surface area contributed by atoms with E-state index in [0.29, 0.717) is 17.4 Å². The van der Waals surface area contributed by atoms with Gasteiger partial charge in [0, 0.05) is 29.5 Å². The lowest BCUT2D eigenvalue weighted by Gasteiger charge is -2.20. The van der Waals surface area contributed by atoms with Gasteiger partial charge in [0.05, 0.1) is 0 Å². The van der Waals surface area contributed by atoms with Crippen molar-refractivity contribution >= 4 is 34.0 Å². The van der Waals surface area contributed by atoms with Gasteiger partial charge < -0.3 is 5.32 Å². The summed E-state index contributed by atoms with van der Waals surface area (Å²) in [4.78, 5) is 15.8. The van der Waals surface area contributed by atoms with Crippen LogP contribution in [0.4, 0.5) is 5.69 Å². The van der Waals surface area contributed by atoms with E-state index < -0.39 is 0 Å². The van der Waals surface area contributed by atoms with Gasteiger partial charge in [-0.1, -0.05) is 55.1 Å². The van der Waals surface area contributed by atoms with E-state index >= 15 is 0 Å². The Bertz CT molecular complexity index is 792. The molecule has 3 aromatic rings. The highest BCUT2D eigenvalue weighted by molar-refractivity contribution is 6.30. The fraction of sp³-hybridized carbons (Fsp3) is 0.304. The summed E-state index contributed by atoms with van der Waals surface area (Å²) in [5, 5.41) is 6.06. The third-order valence-corrected chi connectivity index (χ3v) is 5.13. The Morgan fingerprint density at radius 2 is 1.67 bits per heavy atom. The fourth-order valence-corrected chi connectivity index (χ4v) is 3.55. The van der Waals surface area contributed by atoms with Crippen LogP contribution in [0.1, 0.15) is 38.5 Å². The predicted molar refractivity (Wildman–Crippen MR) is 113 cm³/mol. The largest absolute Gasteiger partial charge is 0.326 e. The summed E-state index contributed by atoms with van der Waals surface area (Å²) in [6, 6.07) is 17.4. The van der Waals surface area contributed by atoms with E-state index in [1.165, 1.54) is 42.9 Å². The summed E-state index contributed by atoms with van der Waals surface area (Å²) < 4.78 is 0. The summed E-state index contributed by atoms with van der Waals surface area (Å²) in [6.45, 7) is 0. The molecule has 4 rings (SSSR count). The van der Waals surface area contributed by atoms with Crippen molar-refractivity contribution < 1.29 is 4.79 Å². The van der Waals surface area contributed by atoms with Crippen molar-refractivity contribution in [2.75, 3.05) is 5.32 Å². The van der Waals surface area contributed by atoms with Crippen molar-refractivity contribution in [2.24, 2.45) is 5.92 Å². The Morgan fingerprint density at radius 1 is 0.963 bits per heavy atom. The second-order valence-corrected chi connectivity index (χ2v) is 7.42. The third kappa shape index (κ3) is 6.37. The molecule has 140 valence electrons. The lowest BCUT2D eigenvalue weighted by molar-refractivity contribution is -0.117. The normalized spacial score (nSPS) is 14.3. The van der Waals surface area contributed by atoms with Crippen molar-refractivity contribution in [1.29, 1.82) is 0 Å². The average molecular weight is 381 g/mol. The van der Waals surface area contributed by atoms with E-state index in [0.717, 1.165) is 5.69 Å². The number of carbonyl (C=O) groups is 1. The number of benzene rings is 2. The first kappa shape index (κ1) is 19.4. The topological polar surface area (TPSA) is 42.0 Å². The fourth-order valence-electron chi connectivity index (χ4n) is 3.43. The molecule has 1 heterocycles. The summed E-state index contributed by atoms with van der Waals surface area (Å²) >= 11 is 5.79. The first-order valence-electron chi connectivity index (χ1n) is 9.55. The van der Waals surface area contributed by atoms with Crippen LogP contribution in [0.15, 0.2) is 67.0 Å². The van der Waals surface area contributed by atoms with Crippen LogP contribution >= 0.6 is 11.6 Å². The molecule has 1 amide bonds. The summed E-state index contributed by atoms with van der Waals surface area (Å²) in [7, 11) is 0. The van der Waals surface area contributed by atoms with Gasteiger partial charge in [0.15, 0.2) is 0 Å². The minimum absolute atomic E-state index is 0.124. The molecular formula is C23H25ClN2O. The van der Waals surface area contributed by atoms with Crippen LogP contribution in [0.2, 0.25) is 5.02 Å². The highest BCUT2D eigenvalue weighted by Crippen LogP contribution is 2.26. The number of aromatic nitrogens is 1. The standard InChI is InChI=1S/C14H18ClNO.C9H7N/c15-12-6-8-13(9-7-12)16-14(17)10-11-4-2-1-3-5-11;1-2-4-9-7-10-6-5-8(9)3-1/h6-9,11H,1-5,10H2,(H,16,17);1-7H. The molecular weight excluding hydrogens is 356 g/mol. The number of anilines is 1. The van der Waals surface area contributed by atoms with Gasteiger partial charge in [-0.05, 0) is 59.9 Å². The lowest BCUT2D eigenvalue weighted by Crippen LogP contribution is -2.18. The van der Waals surface area contributed by atoms with Crippen LogP contribution in [-0.2, 0) is 4.79 Å². The van der Waals surface area contributed by atoms with Crippen LogP contribution in [-0.4, -0.2) is 10.9 Å². The number of fused-ring (bicyclic) bond motifs is 1. The van der Waals surface area contributed by atoms with Crippen LogP contribution in [0.3, 0.4) is 0 Å². The predicted octanol–water partition coefficient (Wildman–Crippen LogP) is 6.48. The van der Waals surface area contributed by atoms with Gasteiger partial charge in [0.1, 0.15) is 0 Å². The Balaban J connectivity index is 0.000000177. The van der Waals surface area contributed by atoms with Gasteiger partial charge >= 0.3 is 0 Å². The van der Waals surface area contributed by atoms with Crippen molar-refractivity contribution in [1.82, 2.24) is 4.98 Å². The van der Waals surface area contributed by atoms with E-state index in [1.807, 2.05) is 42.7 Å². The number of nitrogens with zero attached hydrogens (tertiary/aromatic N) is 1. The van der Waals surface area contributed by atoms with Crippen LogP contribution in [0, 0.1) is 5.92 Å². The van der Waals surface area contributed by atoms with Gasteiger partial charge in [-0.3, -0.25) is 9.78 Å². The number of nitrogens with one attached hydrogen (secondary N) is 1. The third-order valence-electron chi connectivity index (χ3n) is 4.88. The SMILES string of the molecule is O=C(CC1CCCCC1)Nc1ccc(Cl)cc1.c1ccc2cnccc2c1. The van der Waals surface area contributed by atoms with E-state index in [-0.39, 0.29) is 5.91 Å². The number of rotatable bonds is 3. The molecule has 0 bridgehead atoms. The average Bonchev–Trinajstić information content (AvgIpc) is 2.71. The van der Waals surface area contributed by atoms with Gasteiger partial charge in [-0.15, -0.1) is 0 Å². The Kier molecular flexibility index (Phi) is 7.23. The molecule has 1 aromatic heterocycles. The zero-order valence-corrected chi connectivity index (χ0v) is 16.2. The number of hydrogen-bond donors (Lipinski definition) is 1. The molecule has 1 fully saturated rings. The number of hydrogen-bond acceptors (Lipinski definition) is 2. The van der Waals surface area contributed by atoms with Crippen LogP contribution in [0.5, 0.6) is 0 Å². The Labute approximate surface area is 165 Å². The number of pyridine rings is 1. The first-order chi connectivity index (χ1) is 13.2. The molecule has 0 saturated heterocycles. The monoisotopic (exact) mass is 380 g/mol. The van der Waals surface area contributed by atoms with Gasteiger partial charge in [-0.2, -0.15) is 0 Å². The zero-order chi connectivity index (χ0) is 18.9. The number of amides is 1. The number of halogens is 1. The van der Waals surface area contributed by atoms with Gasteiger partial charge in [-0.25, -0.2) is 0 Å². The first-order valence-corrected chi connectivity index (χ1v) is 9.93. The molecule has 0 radical (unpaired) electrons. The summed E-state index contributed by atoms with van der Waals surface area (Å²) in [5.74, 6) is 0.704. The lowest BCUT2D eigenvalue weighted by atomic mass is 9.87. The molecule has 0 spiro atoms. The molecule has 1 N–H and O–H groups in total. The number of carbonyl (C=O) groups excluding carboxylic acids is 1. The maximum atomic E-state index is 11.8. The van der Waals surface area contributed by atoms with E-state index in [1.54, 1.807) is 12.1 Å². The Hall–Kier alpha value is -2.39. The van der Waals surface area contributed by atoms with E-state index in [4.69, 9.17) is 11.6 Å². The van der Waals surface area contributed by atoms with E-state index in [9.17, 15) is 4.79 Å². The molecule has 0 atom stereocenters. The second-order valence-electron chi connectivity index (χ2n) is 6.99.